The molecule has 804 valence electrons. The van der Waals surface area contributed by atoms with Crippen molar-refractivity contribution < 1.29 is 118 Å². The molecule has 6 saturated carbocycles. The maximum atomic E-state index is 13.2. The van der Waals surface area contributed by atoms with Crippen LogP contribution in [0.5, 0.6) is 35.3 Å². The highest BCUT2D eigenvalue weighted by Gasteiger charge is 2.39. The number of fused-ring (bicyclic) bond motifs is 3. The second-order valence-corrected chi connectivity index (χ2v) is 40.9. The van der Waals surface area contributed by atoms with Gasteiger partial charge in [0.1, 0.15) is 64.8 Å². The van der Waals surface area contributed by atoms with E-state index in [0.717, 1.165) is 219 Å². The first-order chi connectivity index (χ1) is 71.2. The van der Waals surface area contributed by atoms with Crippen molar-refractivity contribution >= 4 is 110 Å². The Morgan fingerprint density at radius 2 is 0.658 bits per heavy atom. The topological polar surface area (TPSA) is 491 Å². The van der Waals surface area contributed by atoms with Crippen molar-refractivity contribution in [1.29, 1.82) is 0 Å². The van der Waals surface area contributed by atoms with Crippen molar-refractivity contribution in [3.05, 3.63) is 234 Å². The smallest absolute Gasteiger partial charge is 0.418 e. The molecule has 9 heterocycles. The second kappa shape index (κ2) is 56.1. The molecule has 0 amide bonds. The molecule has 6 aliphatic carbocycles. The summed E-state index contributed by atoms with van der Waals surface area (Å²) in [6.45, 7) is 2.06. The molecule has 0 saturated heterocycles. The standard InChI is InChI=1S/C24H23F3N6O2.C17H17F3N6O2.2C14H20O4S.C13H18O2.C11H7F3N6O.C6H12O2.BCl3/c25-24(26,27)16-10-11-29-19(12-16)35-23-20-21(28)30-14-31-22(20)33(32-23)17-8-4-5-9-18(17)34-13-15-6-2-1-3-7-15;18-17(19,20)9-5-6-22-12(7-9)28-16-13-14(21)23-8-24-15(13)26(25-16)10-3-1-2-4-11(10)27;2*1-19(15,16)18-14-10-6-5-9-13(14)17-11-12-7-3-2-4-8-12;14-12-8-4-5-9-13(12)15-10-11-6-2-1-3-7-11;12-11(13,14)5-1-2-16-6(3-5)21-10-7-8(15)17-4-18-9(7)19-20-10;7-5-3-1-2-4-6(5)8;2-1(3)4/h1-3,6-7,10-12,14,17-18H,4-5,8-9,13H2,(H2,28,30,31);5-8,10-11,27H,1-4H2,(H2,21,23,24);2*2-4,7-8,13-14H,5-6,9-11H2,1H3;1-3,6-7,12-14H,4-5,8-10H2;1-4H,(H3,15,17,18,19,20);5-8H,1-4H2;/t17?,18-;10?,11-;2*13-,14+;12-,13+;;5-,6+;/m11110.../s1. The molecule has 0 aliphatic heterocycles. The lowest BCUT2D eigenvalue weighted by atomic mass is 9.92. The Balaban J connectivity index is 0.000000158. The van der Waals surface area contributed by atoms with Crippen LogP contribution in [0.15, 0.2) is 195 Å². The lowest BCUT2D eigenvalue weighted by molar-refractivity contribution is -0.138. The molecule has 4 aromatic carbocycles. The summed E-state index contributed by atoms with van der Waals surface area (Å²) in [5.41, 5.74) is 20.6. The highest BCUT2D eigenvalue weighted by molar-refractivity contribution is 7.86. The number of aliphatic hydroxyl groups excluding tert-OH is 4. The maximum absolute atomic E-state index is 13.2. The molecule has 149 heavy (non-hydrogen) atoms. The van der Waals surface area contributed by atoms with E-state index in [1.807, 2.05) is 109 Å². The predicted octanol–water partition coefficient (Wildman–Crippen LogP) is 20.0. The maximum Gasteiger partial charge on any atom is 0.450 e. The van der Waals surface area contributed by atoms with Crippen LogP contribution >= 0.6 is 34.4 Å². The van der Waals surface area contributed by atoms with E-state index in [9.17, 15) is 66.6 Å². The first-order valence-corrected chi connectivity index (χ1v) is 53.2. The molecule has 0 spiro atoms. The fraction of sp³-hybridized carbons (Fsp3) is 0.455. The Bertz CT molecular complexity index is 6450. The van der Waals surface area contributed by atoms with Crippen molar-refractivity contribution in [2.24, 2.45) is 0 Å². The average Bonchev–Trinajstić information content (AvgIpc) is 1.89. The van der Waals surface area contributed by atoms with Gasteiger partial charge in [-0.05, 0) is 118 Å². The summed E-state index contributed by atoms with van der Waals surface area (Å²) in [6.07, 6.45) is 14.6. The summed E-state index contributed by atoms with van der Waals surface area (Å²) < 4.78 is 215. The number of aromatic amines is 1. The van der Waals surface area contributed by atoms with Crippen LogP contribution in [0.25, 0.3) is 33.1 Å². The number of anilines is 3. The van der Waals surface area contributed by atoms with Gasteiger partial charge in [-0.2, -0.15) is 90.7 Å². The van der Waals surface area contributed by atoms with Crippen LogP contribution < -0.4 is 31.4 Å². The van der Waals surface area contributed by atoms with Crippen molar-refractivity contribution in [3.8, 4) is 35.3 Å². The van der Waals surface area contributed by atoms with Crippen molar-refractivity contribution in [2.75, 3.05) is 29.7 Å². The van der Waals surface area contributed by atoms with Gasteiger partial charge in [-0.25, -0.2) is 54.2 Å². The number of nitrogens with two attached hydrogens (primary N) is 3. The SMILES string of the molecule is CS(=O)(=O)O[C@H]1CCCC[C@H]1OCc1ccccc1.CS(=O)(=O)O[C@H]1CCCC[C@H]1OCc1ccccc1.ClB(Cl)Cl.Nc1ncnc2[nH]nc(Oc3cc(C(F)(F)F)ccn3)c12.Nc1ncnc2c1c(Oc1cc(C(F)(F)F)ccn1)nn2C1CCCC[C@H]1O.Nc1ncnc2c1c(Oc1cc(C(F)(F)F)ccn1)nn2C1CCCC[C@H]1OCc1ccccc1.O[C@@H]1CCCC[C@@H]1O.O[C@H]1CCCC[C@H]1OCc1ccccc1. The van der Waals surface area contributed by atoms with Crippen LogP contribution in [0.3, 0.4) is 0 Å². The lowest BCUT2D eigenvalue weighted by Gasteiger charge is -2.31. The Hall–Kier alpha value is -11.4. The van der Waals surface area contributed by atoms with Crippen LogP contribution in [0.4, 0.5) is 57.0 Å². The average molecular weight is 2180 g/mol. The Morgan fingerprint density at radius 3 is 1.01 bits per heavy atom. The largest absolute Gasteiger partial charge is 0.450 e. The van der Waals surface area contributed by atoms with Gasteiger partial charge in [-0.15, -0.1) is 15.3 Å². The van der Waals surface area contributed by atoms with E-state index in [-0.39, 0.29) is 118 Å². The van der Waals surface area contributed by atoms with Crippen LogP contribution in [-0.2, 0) is 92.5 Å². The zero-order valence-corrected chi connectivity index (χ0v) is 85.1. The molecule has 35 nitrogen and oxygen atoms in total. The van der Waals surface area contributed by atoms with Crippen LogP contribution in [0.2, 0.25) is 0 Å². The summed E-state index contributed by atoms with van der Waals surface area (Å²) in [6, 6.07) is 44.2. The number of benzene rings is 4. The van der Waals surface area contributed by atoms with E-state index in [2.05, 4.69) is 77.4 Å². The number of nitrogens with zero attached hydrogens (tertiary/aromatic N) is 14. The molecular formula is C99H117BCl3F9N18O17S2. The van der Waals surface area contributed by atoms with E-state index in [4.69, 9.17) is 103 Å². The molecule has 19 rings (SSSR count). The number of nitrogen functional groups attached to an aromatic ring is 3. The lowest BCUT2D eigenvalue weighted by Crippen LogP contribution is -2.36. The number of aliphatic hydroxyl groups is 4. The van der Waals surface area contributed by atoms with Gasteiger partial charge in [0.05, 0.1) is 117 Å². The van der Waals surface area contributed by atoms with E-state index >= 15 is 0 Å². The third-order valence-corrected chi connectivity index (χ3v) is 25.8. The summed E-state index contributed by atoms with van der Waals surface area (Å²) >= 11 is 14.4. The molecule has 6 aliphatic rings. The number of rotatable bonds is 24. The fourth-order valence-corrected chi connectivity index (χ4v) is 18.6. The van der Waals surface area contributed by atoms with Crippen LogP contribution in [0, 0.1) is 0 Å². The molecule has 11 N–H and O–H groups in total. The quantitative estimate of drug-likeness (QED) is 0.0158. The Kier molecular flexibility index (Phi) is 43.8. The van der Waals surface area contributed by atoms with Crippen LogP contribution in [0.1, 0.15) is 205 Å². The van der Waals surface area contributed by atoms with Gasteiger partial charge in [-0.1, -0.05) is 198 Å². The van der Waals surface area contributed by atoms with E-state index in [1.165, 1.54) is 35.6 Å². The van der Waals surface area contributed by atoms with E-state index in [0.29, 0.717) is 61.6 Å². The van der Waals surface area contributed by atoms with Gasteiger partial charge in [0.2, 0.25) is 17.6 Å². The molecule has 6 fully saturated rings. The number of H-pyrrole nitrogens is 1. The number of hydrogen-bond acceptors (Lipinski definition) is 32. The highest BCUT2D eigenvalue weighted by atomic mass is 35.6. The van der Waals surface area contributed by atoms with Crippen molar-refractivity contribution in [3.63, 3.8) is 0 Å². The Morgan fingerprint density at radius 1 is 0.362 bits per heavy atom. The van der Waals surface area contributed by atoms with Gasteiger partial charge in [-0.3, -0.25) is 13.5 Å². The third-order valence-electron chi connectivity index (χ3n) is 24.6. The number of nitrogens with one attached hydrogen (secondary N) is 1. The first-order valence-electron chi connectivity index (χ1n) is 48.3. The number of hydrogen-bond donors (Lipinski definition) is 8. The molecule has 13 aromatic rings. The molecule has 12 atom stereocenters. The van der Waals surface area contributed by atoms with Gasteiger partial charge in [0.25, 0.3) is 37.9 Å². The minimum atomic E-state index is -4.53. The van der Waals surface area contributed by atoms with Crippen LogP contribution in [-0.4, -0.2) is 190 Å². The zero-order valence-electron chi connectivity index (χ0n) is 81.2. The van der Waals surface area contributed by atoms with Crippen molar-refractivity contribution in [2.45, 2.75) is 272 Å². The molecule has 9 aromatic heterocycles. The Labute approximate surface area is 869 Å². The fourth-order valence-electron chi connectivity index (χ4n) is 17.3. The minimum Gasteiger partial charge on any atom is -0.418 e. The van der Waals surface area contributed by atoms with Gasteiger partial charge in [0, 0.05) is 36.8 Å². The van der Waals surface area contributed by atoms with E-state index in [1.54, 1.807) is 4.68 Å². The zero-order chi connectivity index (χ0) is 107. The summed E-state index contributed by atoms with van der Waals surface area (Å²) in [7, 11) is -6.84. The molecular weight excluding hydrogens is 2070 g/mol. The summed E-state index contributed by atoms with van der Waals surface area (Å²) in [5.74, 6) is -0.629. The molecule has 2 unspecified atom stereocenters. The molecule has 0 bridgehead atoms. The van der Waals surface area contributed by atoms with Gasteiger partial charge >= 0.3 is 23.5 Å². The second-order valence-electron chi connectivity index (χ2n) is 35.7. The molecule has 50 heteroatoms. The summed E-state index contributed by atoms with van der Waals surface area (Å²) in [5, 5.41) is 54.0. The number of alkyl halides is 9. The summed E-state index contributed by atoms with van der Waals surface area (Å²) in [4.78, 5) is 34.8. The predicted molar refractivity (Wildman–Crippen MR) is 539 cm³/mol. The van der Waals surface area contributed by atoms with Gasteiger partial charge in [0.15, 0.2) is 16.9 Å². The molecule has 0 radical (unpaired) electrons. The van der Waals surface area contributed by atoms with E-state index < -0.39 is 78.7 Å². The number of halogens is 12. The highest BCUT2D eigenvalue weighted by Crippen LogP contribution is 2.43. The number of pyridine rings is 3. The van der Waals surface area contributed by atoms with Crippen molar-refractivity contribution in [1.82, 2.24) is 74.6 Å². The monoisotopic (exact) mass is 2180 g/mol. The first kappa shape index (κ1) is 116. The third kappa shape index (κ3) is 36.7. The number of aromatic nitrogens is 15. The van der Waals surface area contributed by atoms with Gasteiger partial charge < -0.3 is 70.8 Å². The minimum absolute atomic E-state index is 0.00249. The number of ether oxygens (including phenoxy) is 7. The normalized spacial score (nSPS) is 21.0.